The number of oxazole rings is 1. The van der Waals surface area contributed by atoms with Crippen LogP contribution in [0.1, 0.15) is 19.5 Å². The monoisotopic (exact) mass is 314 g/mol. The molecule has 3 rings (SSSR count). The number of carbonyl (C=O) groups is 2. The molecule has 1 fully saturated rings. The number of nitrogens with one attached hydrogen (secondary N) is 1. The number of amides is 1. The van der Waals surface area contributed by atoms with Gasteiger partial charge in [-0.15, -0.1) is 0 Å². The average molecular weight is 314 g/mol. The zero-order valence-electron chi connectivity index (χ0n) is 12.9. The lowest BCUT2D eigenvalue weighted by molar-refractivity contribution is -0.140. The Morgan fingerprint density at radius 2 is 1.96 bits per heavy atom. The Morgan fingerprint density at radius 1 is 1.26 bits per heavy atom. The first-order chi connectivity index (χ1) is 10.9. The maximum Gasteiger partial charge on any atom is 0.307 e. The second kappa shape index (κ2) is 5.53. The fourth-order valence-corrected chi connectivity index (χ4v) is 2.98. The third-order valence-electron chi connectivity index (χ3n) is 4.39. The highest BCUT2D eigenvalue weighted by molar-refractivity contribution is 5.91. The molecule has 0 spiro atoms. The van der Waals surface area contributed by atoms with Crippen LogP contribution in [0.3, 0.4) is 0 Å². The third kappa shape index (κ3) is 2.84. The molecule has 1 aliphatic carbocycles. The summed E-state index contributed by atoms with van der Waals surface area (Å²) in [6, 6.07) is 9.46. The molecule has 0 radical (unpaired) electrons. The van der Waals surface area contributed by atoms with E-state index >= 15 is 0 Å². The second-order valence-corrected chi connectivity index (χ2v) is 6.34. The molecule has 6 nitrogen and oxygen atoms in total. The molecule has 2 aromatic rings. The van der Waals surface area contributed by atoms with Crippen LogP contribution in [0.2, 0.25) is 0 Å². The molecule has 1 amide bonds. The second-order valence-electron chi connectivity index (χ2n) is 6.34. The smallest absolute Gasteiger partial charge is 0.307 e. The Hall–Kier alpha value is -2.63. The summed E-state index contributed by atoms with van der Waals surface area (Å²) in [5.41, 5.74) is 0.955. The van der Waals surface area contributed by atoms with E-state index in [9.17, 15) is 9.59 Å². The molecule has 2 N–H and O–H groups in total. The Morgan fingerprint density at radius 3 is 2.57 bits per heavy atom. The zero-order chi connectivity index (χ0) is 16.6. The maximum atomic E-state index is 12.2. The molecule has 1 aliphatic rings. The fourth-order valence-electron chi connectivity index (χ4n) is 2.98. The lowest BCUT2D eigenvalue weighted by Crippen LogP contribution is -2.26. The molecule has 1 heterocycles. The van der Waals surface area contributed by atoms with Gasteiger partial charge < -0.3 is 14.8 Å². The number of carbonyl (C=O) groups excluding carboxylic acids is 1. The van der Waals surface area contributed by atoms with Crippen LogP contribution in [0.25, 0.3) is 11.5 Å². The van der Waals surface area contributed by atoms with Gasteiger partial charge >= 0.3 is 5.97 Å². The third-order valence-corrected chi connectivity index (χ3v) is 4.39. The quantitative estimate of drug-likeness (QED) is 0.883. The van der Waals surface area contributed by atoms with E-state index in [1.54, 1.807) is 13.8 Å². The standard InChI is InChI=1S/C17H18N2O4/c1-17(2)12(13(17)16(21)22)14(20)18-8-11-9-23-15(19-11)10-6-4-3-5-7-10/h3-7,9,12-13H,8H2,1-2H3,(H,18,20)(H,21,22)/t12-,13+/m1/s1. The number of benzene rings is 1. The molecular formula is C17H18N2O4. The molecule has 1 aromatic carbocycles. The number of nitrogens with zero attached hydrogens (tertiary/aromatic N) is 1. The largest absolute Gasteiger partial charge is 0.481 e. The van der Waals surface area contributed by atoms with Gasteiger partial charge in [0.15, 0.2) is 0 Å². The highest BCUT2D eigenvalue weighted by Gasteiger charge is 2.65. The fraction of sp³-hybridized carbons (Fsp3) is 0.353. The van der Waals surface area contributed by atoms with Crippen molar-refractivity contribution >= 4 is 11.9 Å². The molecule has 0 unspecified atom stereocenters. The predicted molar refractivity (Wildman–Crippen MR) is 82.2 cm³/mol. The van der Waals surface area contributed by atoms with Crippen molar-refractivity contribution in [3.05, 3.63) is 42.3 Å². The predicted octanol–water partition coefficient (Wildman–Crippen LogP) is 2.31. The Balaban J connectivity index is 1.61. The van der Waals surface area contributed by atoms with E-state index < -0.39 is 23.2 Å². The molecule has 6 heteroatoms. The van der Waals surface area contributed by atoms with E-state index in [4.69, 9.17) is 9.52 Å². The Labute approximate surface area is 133 Å². The van der Waals surface area contributed by atoms with Gasteiger partial charge in [0.1, 0.15) is 6.26 Å². The van der Waals surface area contributed by atoms with Gasteiger partial charge in [0.2, 0.25) is 11.8 Å². The van der Waals surface area contributed by atoms with Crippen molar-refractivity contribution in [3.63, 3.8) is 0 Å². The molecule has 23 heavy (non-hydrogen) atoms. The Kier molecular flexibility index (Phi) is 3.67. The minimum absolute atomic E-state index is 0.216. The summed E-state index contributed by atoms with van der Waals surface area (Å²) >= 11 is 0. The molecule has 1 saturated carbocycles. The van der Waals surface area contributed by atoms with Crippen LogP contribution in [0.4, 0.5) is 0 Å². The van der Waals surface area contributed by atoms with E-state index in [2.05, 4.69) is 10.3 Å². The van der Waals surface area contributed by atoms with Gasteiger partial charge in [-0.1, -0.05) is 32.0 Å². The van der Waals surface area contributed by atoms with E-state index in [1.165, 1.54) is 6.26 Å². The minimum atomic E-state index is -0.928. The first kappa shape index (κ1) is 15.3. The lowest BCUT2D eigenvalue weighted by Gasteiger charge is -2.03. The van der Waals surface area contributed by atoms with Crippen molar-refractivity contribution < 1.29 is 19.1 Å². The van der Waals surface area contributed by atoms with Crippen molar-refractivity contribution in [3.8, 4) is 11.5 Å². The lowest BCUT2D eigenvalue weighted by atomic mass is 10.1. The summed E-state index contributed by atoms with van der Waals surface area (Å²) in [6.45, 7) is 3.80. The molecule has 0 saturated heterocycles. The summed E-state index contributed by atoms with van der Waals surface area (Å²) < 4.78 is 5.40. The normalized spacial score (nSPS) is 21.7. The first-order valence-corrected chi connectivity index (χ1v) is 7.41. The number of carboxylic acids is 1. The van der Waals surface area contributed by atoms with Crippen molar-refractivity contribution in [1.29, 1.82) is 0 Å². The first-order valence-electron chi connectivity index (χ1n) is 7.41. The number of hydrogen-bond acceptors (Lipinski definition) is 4. The van der Waals surface area contributed by atoms with Gasteiger partial charge in [-0.2, -0.15) is 0 Å². The van der Waals surface area contributed by atoms with Crippen molar-refractivity contribution in [2.24, 2.45) is 17.3 Å². The van der Waals surface area contributed by atoms with Crippen LogP contribution >= 0.6 is 0 Å². The molecule has 120 valence electrons. The topological polar surface area (TPSA) is 92.4 Å². The summed E-state index contributed by atoms with van der Waals surface area (Å²) in [6.07, 6.45) is 1.50. The van der Waals surface area contributed by atoms with Crippen LogP contribution in [-0.2, 0) is 16.1 Å². The van der Waals surface area contributed by atoms with Gasteiger partial charge in [-0.25, -0.2) is 4.98 Å². The molecule has 0 aliphatic heterocycles. The van der Waals surface area contributed by atoms with Gasteiger partial charge in [-0.05, 0) is 17.5 Å². The van der Waals surface area contributed by atoms with E-state index in [0.29, 0.717) is 11.6 Å². The van der Waals surface area contributed by atoms with Crippen molar-refractivity contribution in [1.82, 2.24) is 10.3 Å². The highest BCUT2D eigenvalue weighted by Crippen LogP contribution is 2.58. The number of rotatable bonds is 5. The average Bonchev–Trinajstić information content (AvgIpc) is 2.88. The zero-order valence-corrected chi connectivity index (χ0v) is 12.9. The number of aromatic nitrogens is 1. The van der Waals surface area contributed by atoms with Crippen LogP contribution in [0, 0.1) is 17.3 Å². The minimum Gasteiger partial charge on any atom is -0.481 e. The van der Waals surface area contributed by atoms with Crippen LogP contribution in [0.15, 0.2) is 41.0 Å². The van der Waals surface area contributed by atoms with Gasteiger partial charge in [-0.3, -0.25) is 9.59 Å². The maximum absolute atomic E-state index is 12.2. The summed E-state index contributed by atoms with van der Waals surface area (Å²) in [7, 11) is 0. The number of carboxylic acid groups (broad SMARTS) is 1. The SMILES string of the molecule is CC1(C)[C@H](C(=O)O)[C@@H]1C(=O)NCc1coc(-c2ccccc2)n1. The highest BCUT2D eigenvalue weighted by atomic mass is 16.4. The van der Waals surface area contributed by atoms with E-state index in [-0.39, 0.29) is 12.5 Å². The van der Waals surface area contributed by atoms with Crippen LogP contribution in [-0.4, -0.2) is 22.0 Å². The molecule has 2 atom stereocenters. The van der Waals surface area contributed by atoms with Crippen molar-refractivity contribution in [2.45, 2.75) is 20.4 Å². The number of hydrogen-bond donors (Lipinski definition) is 2. The van der Waals surface area contributed by atoms with Crippen LogP contribution < -0.4 is 5.32 Å². The molecular weight excluding hydrogens is 296 g/mol. The molecule has 1 aromatic heterocycles. The summed E-state index contributed by atoms with van der Waals surface area (Å²) in [4.78, 5) is 27.6. The Bertz CT molecular complexity index is 736. The summed E-state index contributed by atoms with van der Waals surface area (Å²) in [5.74, 6) is -1.82. The van der Waals surface area contributed by atoms with E-state index in [1.807, 2.05) is 30.3 Å². The number of aliphatic carboxylic acids is 1. The van der Waals surface area contributed by atoms with Gasteiger partial charge in [0.05, 0.1) is 24.1 Å². The van der Waals surface area contributed by atoms with Gasteiger partial charge in [0, 0.05) is 5.56 Å². The van der Waals surface area contributed by atoms with E-state index in [0.717, 1.165) is 5.56 Å². The molecule has 0 bridgehead atoms. The van der Waals surface area contributed by atoms with Crippen molar-refractivity contribution in [2.75, 3.05) is 0 Å². The van der Waals surface area contributed by atoms with Crippen LogP contribution in [0.5, 0.6) is 0 Å². The summed E-state index contributed by atoms with van der Waals surface area (Å²) in [5, 5.41) is 11.9. The van der Waals surface area contributed by atoms with Gasteiger partial charge in [0.25, 0.3) is 0 Å².